The van der Waals surface area contributed by atoms with Crippen LogP contribution in [0, 0.1) is 5.92 Å². The van der Waals surface area contributed by atoms with E-state index in [9.17, 15) is 4.79 Å². The molecule has 0 spiro atoms. The number of benzene rings is 1. The van der Waals surface area contributed by atoms with Gasteiger partial charge in [0.15, 0.2) is 8.32 Å². The molecule has 1 aromatic rings. The summed E-state index contributed by atoms with van der Waals surface area (Å²) in [4.78, 5) is 15.0. The largest absolute Gasteiger partial charge is 0.413 e. The van der Waals surface area contributed by atoms with Crippen LogP contribution in [-0.4, -0.2) is 30.6 Å². The van der Waals surface area contributed by atoms with Crippen molar-refractivity contribution in [2.45, 2.75) is 76.4 Å². The molecule has 0 bridgehead atoms. The van der Waals surface area contributed by atoms with Crippen molar-refractivity contribution < 1.29 is 9.22 Å². The van der Waals surface area contributed by atoms with E-state index in [2.05, 4.69) is 40.8 Å². The van der Waals surface area contributed by atoms with Crippen LogP contribution in [0.4, 0.5) is 0 Å². The van der Waals surface area contributed by atoms with Gasteiger partial charge in [0.1, 0.15) is 5.37 Å². The third kappa shape index (κ3) is 4.64. The molecule has 30 heavy (non-hydrogen) atoms. The number of nitrogens with zero attached hydrogens (tertiary/aromatic N) is 1. The van der Waals surface area contributed by atoms with Crippen molar-refractivity contribution in [2.24, 2.45) is 5.92 Å². The molecule has 166 valence electrons. The number of β-lactam (4-membered cyclic amide) rings is 1. The summed E-state index contributed by atoms with van der Waals surface area (Å²) in [6.45, 7) is 15.4. The Labute approximate surface area is 200 Å². The molecule has 1 amide bonds. The van der Waals surface area contributed by atoms with Gasteiger partial charge in [0.25, 0.3) is 0 Å². The first-order valence-electron chi connectivity index (χ1n) is 10.3. The molecule has 0 aromatic heterocycles. The van der Waals surface area contributed by atoms with E-state index >= 15 is 0 Å². The Bertz CT molecular complexity index is 869. The third-order valence-corrected chi connectivity index (χ3v) is 14.6. The first kappa shape index (κ1) is 24.5. The van der Waals surface area contributed by atoms with Gasteiger partial charge in [-0.05, 0) is 49.2 Å². The van der Waals surface area contributed by atoms with Crippen LogP contribution in [0.3, 0.4) is 0 Å². The predicted octanol–water partition coefficient (Wildman–Crippen LogP) is 7.75. The summed E-state index contributed by atoms with van der Waals surface area (Å²) in [6.07, 6.45) is 0.845. The summed E-state index contributed by atoms with van der Waals surface area (Å²) in [7, 11) is -1.93. The third-order valence-electron chi connectivity index (χ3n) is 6.38. The van der Waals surface area contributed by atoms with Gasteiger partial charge in [-0.15, -0.1) is 11.8 Å². The van der Waals surface area contributed by atoms with Gasteiger partial charge >= 0.3 is 0 Å². The summed E-state index contributed by atoms with van der Waals surface area (Å²) in [5.41, 5.74) is 2.19. The number of carbonyl (C=O) groups excluding carboxylic acids is 1. The zero-order valence-corrected chi connectivity index (χ0v) is 22.9. The number of halogens is 2. The van der Waals surface area contributed by atoms with Crippen LogP contribution in [0.25, 0.3) is 0 Å². The van der Waals surface area contributed by atoms with Crippen LogP contribution in [0.15, 0.2) is 28.1 Å². The molecule has 0 aliphatic carbocycles. The van der Waals surface area contributed by atoms with Crippen LogP contribution < -0.4 is 0 Å². The van der Waals surface area contributed by atoms with Crippen molar-refractivity contribution in [3.8, 4) is 0 Å². The molecule has 3 nitrogen and oxygen atoms in total. The lowest BCUT2D eigenvalue weighted by molar-refractivity contribution is -0.152. The van der Waals surface area contributed by atoms with Gasteiger partial charge in [0.2, 0.25) is 5.91 Å². The molecular weight excluding hydrogens is 473 g/mol. The molecule has 0 saturated carbocycles. The lowest BCUT2D eigenvalue weighted by Gasteiger charge is -2.49. The summed E-state index contributed by atoms with van der Waals surface area (Å²) in [6, 6.07) is 5.74. The highest BCUT2D eigenvalue weighted by Gasteiger charge is 2.57. The van der Waals surface area contributed by atoms with E-state index in [4.69, 9.17) is 27.6 Å². The van der Waals surface area contributed by atoms with Crippen molar-refractivity contribution in [1.29, 1.82) is 0 Å². The first-order valence-corrected chi connectivity index (χ1v) is 15.9. The van der Waals surface area contributed by atoms with E-state index in [1.165, 1.54) is 4.24 Å². The molecule has 2 aliphatic heterocycles. The fourth-order valence-electron chi connectivity index (χ4n) is 3.49. The van der Waals surface area contributed by atoms with Crippen LogP contribution in [-0.2, 0) is 15.0 Å². The average Bonchev–Trinajstić information content (AvgIpc) is 2.92. The number of rotatable bonds is 7. The molecule has 2 aliphatic rings. The molecule has 1 unspecified atom stereocenters. The number of fused-ring (bicyclic) bond motifs is 1. The van der Waals surface area contributed by atoms with Gasteiger partial charge in [0.05, 0.1) is 26.3 Å². The lowest BCUT2D eigenvalue weighted by atomic mass is 9.90. The zero-order chi connectivity index (χ0) is 22.4. The maximum absolute atomic E-state index is 13.1. The number of hydrogen-bond acceptors (Lipinski definition) is 4. The van der Waals surface area contributed by atoms with Gasteiger partial charge in [-0.1, -0.05) is 68.7 Å². The van der Waals surface area contributed by atoms with Gasteiger partial charge in [-0.25, -0.2) is 0 Å². The quantitative estimate of drug-likeness (QED) is 0.281. The van der Waals surface area contributed by atoms with Gasteiger partial charge < -0.3 is 9.33 Å². The Balaban J connectivity index is 1.68. The Hall–Kier alpha value is -0.113. The fourth-order valence-corrected chi connectivity index (χ4v) is 8.05. The molecule has 0 N–H and O–H groups in total. The maximum Gasteiger partial charge on any atom is 0.236 e. The average molecular weight is 505 g/mol. The second-order valence-electron chi connectivity index (χ2n) is 9.48. The van der Waals surface area contributed by atoms with Crippen LogP contribution >= 0.6 is 46.7 Å². The highest BCUT2D eigenvalue weighted by Crippen LogP contribution is 2.55. The Morgan fingerprint density at radius 1 is 1.27 bits per heavy atom. The predicted molar refractivity (Wildman–Crippen MR) is 135 cm³/mol. The Morgan fingerprint density at radius 3 is 2.50 bits per heavy atom. The standard InChI is InChI=1S/C22H31Cl2NO2S2Si/c1-8-17(27-30(6,7)22(3,4)5)18-19(26)25-13(2)21(29-20(18)25)28-12-14-9-10-15(23)16(24)11-14/h9-11,17-18,20H,8,12H2,1-7H3/t17?,18-,20-/m1/s1. The van der Waals surface area contributed by atoms with E-state index in [0.717, 1.165) is 23.4 Å². The molecule has 3 atom stereocenters. The van der Waals surface area contributed by atoms with Crippen LogP contribution in [0.1, 0.15) is 46.6 Å². The molecule has 2 heterocycles. The van der Waals surface area contributed by atoms with E-state index in [0.29, 0.717) is 10.0 Å². The lowest BCUT2D eigenvalue weighted by Crippen LogP contribution is -2.62. The second kappa shape index (κ2) is 9.03. The SMILES string of the molecule is CCC(O[Si](C)(C)C(C)(C)C)[C@@H]1C(=O)N2C(C)=C(SCc3ccc(Cl)c(Cl)c3)S[C@H]12. The molecule has 1 aromatic carbocycles. The summed E-state index contributed by atoms with van der Waals surface area (Å²) in [5, 5.41) is 1.43. The monoisotopic (exact) mass is 503 g/mol. The summed E-state index contributed by atoms with van der Waals surface area (Å²) < 4.78 is 7.90. The van der Waals surface area contributed by atoms with Crippen LogP contribution in [0.5, 0.6) is 0 Å². The first-order chi connectivity index (χ1) is 13.9. The van der Waals surface area contributed by atoms with Crippen molar-refractivity contribution in [3.05, 3.63) is 43.7 Å². The van der Waals surface area contributed by atoms with Crippen molar-refractivity contribution >= 4 is 61.0 Å². The molecule has 3 rings (SSSR count). The minimum Gasteiger partial charge on any atom is -0.413 e. The second-order valence-corrected chi connectivity index (χ2v) is 17.4. The number of thioether (sulfide) groups is 2. The minimum absolute atomic E-state index is 0.0145. The summed E-state index contributed by atoms with van der Waals surface area (Å²) >= 11 is 15.7. The van der Waals surface area contributed by atoms with E-state index < -0.39 is 8.32 Å². The Kier molecular flexibility index (Phi) is 7.38. The van der Waals surface area contributed by atoms with E-state index in [-0.39, 0.29) is 28.3 Å². The number of allylic oxidation sites excluding steroid dienone is 1. The van der Waals surface area contributed by atoms with Crippen molar-refractivity contribution in [1.82, 2.24) is 4.90 Å². The molecule has 1 fully saturated rings. The zero-order valence-electron chi connectivity index (χ0n) is 18.7. The Morgan fingerprint density at radius 2 is 1.93 bits per heavy atom. The van der Waals surface area contributed by atoms with Gasteiger partial charge in [-0.3, -0.25) is 4.79 Å². The highest BCUT2D eigenvalue weighted by atomic mass is 35.5. The topological polar surface area (TPSA) is 29.5 Å². The van der Waals surface area contributed by atoms with Gasteiger partial charge in [0, 0.05) is 11.4 Å². The van der Waals surface area contributed by atoms with Gasteiger partial charge in [-0.2, -0.15) is 0 Å². The normalized spacial score (nSPS) is 23.0. The fraction of sp³-hybridized carbons (Fsp3) is 0.591. The van der Waals surface area contributed by atoms with Crippen LogP contribution in [0.2, 0.25) is 28.2 Å². The van der Waals surface area contributed by atoms with E-state index in [1.807, 2.05) is 41.8 Å². The van der Waals surface area contributed by atoms with E-state index in [1.54, 1.807) is 11.8 Å². The van der Waals surface area contributed by atoms with Crippen molar-refractivity contribution in [2.75, 3.05) is 0 Å². The van der Waals surface area contributed by atoms with Crippen molar-refractivity contribution in [3.63, 3.8) is 0 Å². The summed E-state index contributed by atoms with van der Waals surface area (Å²) in [5.74, 6) is 0.945. The molecule has 8 heteroatoms. The minimum atomic E-state index is -1.93. The highest BCUT2D eigenvalue weighted by molar-refractivity contribution is 8.22. The number of hydrogen-bond donors (Lipinski definition) is 0. The smallest absolute Gasteiger partial charge is 0.236 e. The molecule has 0 radical (unpaired) electrons. The molecular formula is C22H31Cl2NO2S2Si. The molecule has 1 saturated heterocycles. The number of amides is 1. The maximum atomic E-state index is 13.1. The number of carbonyl (C=O) groups is 1.